The minimum atomic E-state index is 0.566. The summed E-state index contributed by atoms with van der Waals surface area (Å²) in [5.41, 5.74) is 0. The van der Waals surface area contributed by atoms with Crippen molar-refractivity contribution >= 4 is 0 Å². The minimum absolute atomic E-state index is 0.566. The first-order valence-corrected chi connectivity index (χ1v) is 6.48. The molecule has 3 nitrogen and oxygen atoms in total. The maximum absolute atomic E-state index is 8.64. The molecule has 1 N–H and O–H groups in total. The number of nitriles is 1. The molecule has 1 saturated carbocycles. The van der Waals surface area contributed by atoms with Gasteiger partial charge in [0.25, 0.3) is 0 Å². The highest BCUT2D eigenvalue weighted by atomic mass is 15.2. The molecule has 0 saturated heterocycles. The Morgan fingerprint density at radius 3 is 2.56 bits per heavy atom. The van der Waals surface area contributed by atoms with Crippen LogP contribution in [0.15, 0.2) is 0 Å². The van der Waals surface area contributed by atoms with Gasteiger partial charge in [0.15, 0.2) is 0 Å². The fourth-order valence-corrected chi connectivity index (χ4v) is 1.96. The van der Waals surface area contributed by atoms with Crippen molar-refractivity contribution < 1.29 is 0 Å². The molecule has 0 amide bonds. The average Bonchev–Trinajstić information content (AvgIpc) is 3.05. The monoisotopic (exact) mass is 223 g/mol. The van der Waals surface area contributed by atoms with Gasteiger partial charge in [-0.1, -0.05) is 20.8 Å². The summed E-state index contributed by atoms with van der Waals surface area (Å²) in [6.45, 7) is 9.81. The van der Waals surface area contributed by atoms with Crippen molar-refractivity contribution in [1.82, 2.24) is 10.2 Å². The van der Waals surface area contributed by atoms with E-state index in [-0.39, 0.29) is 0 Å². The maximum Gasteiger partial charge on any atom is 0.0635 e. The Bertz CT molecular complexity index is 228. The standard InChI is InChI=1S/C13H25N3/c1-11(2)15-9-12(3)10-16(8-4-7-14)13-5-6-13/h11-13,15H,4-6,8-10H2,1-3H3. The van der Waals surface area contributed by atoms with Gasteiger partial charge in [-0.05, 0) is 25.3 Å². The van der Waals surface area contributed by atoms with E-state index in [9.17, 15) is 0 Å². The smallest absolute Gasteiger partial charge is 0.0635 e. The summed E-state index contributed by atoms with van der Waals surface area (Å²) in [7, 11) is 0. The van der Waals surface area contributed by atoms with Gasteiger partial charge < -0.3 is 5.32 Å². The predicted octanol–water partition coefficient (Wildman–Crippen LogP) is 2.00. The van der Waals surface area contributed by atoms with Gasteiger partial charge in [0.05, 0.1) is 6.07 Å². The number of rotatable bonds is 8. The van der Waals surface area contributed by atoms with E-state index in [0.29, 0.717) is 18.4 Å². The summed E-state index contributed by atoms with van der Waals surface area (Å²) in [5.74, 6) is 0.668. The van der Waals surface area contributed by atoms with Crippen LogP contribution in [0.2, 0.25) is 0 Å². The van der Waals surface area contributed by atoms with Gasteiger partial charge in [0, 0.05) is 31.6 Å². The highest BCUT2D eigenvalue weighted by Gasteiger charge is 2.29. The maximum atomic E-state index is 8.64. The van der Waals surface area contributed by atoms with Crippen LogP contribution in [0.3, 0.4) is 0 Å². The molecule has 0 radical (unpaired) electrons. The molecule has 0 aromatic rings. The molecule has 1 atom stereocenters. The van der Waals surface area contributed by atoms with Crippen molar-refractivity contribution in [2.75, 3.05) is 19.6 Å². The summed E-state index contributed by atoms with van der Waals surface area (Å²) < 4.78 is 0. The Morgan fingerprint density at radius 1 is 1.38 bits per heavy atom. The molecule has 0 heterocycles. The van der Waals surface area contributed by atoms with Gasteiger partial charge in [-0.15, -0.1) is 0 Å². The lowest BCUT2D eigenvalue weighted by atomic mass is 10.1. The summed E-state index contributed by atoms with van der Waals surface area (Å²) in [6.07, 6.45) is 3.33. The van der Waals surface area contributed by atoms with Crippen molar-refractivity contribution in [3.05, 3.63) is 0 Å². The third-order valence-electron chi connectivity index (χ3n) is 2.99. The lowest BCUT2D eigenvalue weighted by Gasteiger charge is -2.25. The van der Waals surface area contributed by atoms with Crippen LogP contribution in [-0.2, 0) is 0 Å². The Balaban J connectivity index is 2.22. The summed E-state index contributed by atoms with van der Waals surface area (Å²) >= 11 is 0. The van der Waals surface area contributed by atoms with E-state index < -0.39 is 0 Å². The molecule has 92 valence electrons. The zero-order valence-electron chi connectivity index (χ0n) is 10.9. The summed E-state index contributed by atoms with van der Waals surface area (Å²) in [4.78, 5) is 2.50. The SMILES string of the molecule is CC(CNC(C)C)CN(CCC#N)C1CC1. The van der Waals surface area contributed by atoms with Gasteiger partial charge in [0.1, 0.15) is 0 Å². The number of hydrogen-bond acceptors (Lipinski definition) is 3. The second-order valence-corrected chi connectivity index (χ2v) is 5.30. The van der Waals surface area contributed by atoms with E-state index in [2.05, 4.69) is 37.1 Å². The Morgan fingerprint density at radius 2 is 2.06 bits per heavy atom. The van der Waals surface area contributed by atoms with E-state index >= 15 is 0 Å². The van der Waals surface area contributed by atoms with Crippen LogP contribution in [0.5, 0.6) is 0 Å². The molecule has 3 heteroatoms. The van der Waals surface area contributed by atoms with Crippen molar-refractivity contribution in [3.8, 4) is 6.07 Å². The van der Waals surface area contributed by atoms with E-state index in [1.54, 1.807) is 0 Å². The molecule has 1 aliphatic rings. The van der Waals surface area contributed by atoms with Crippen molar-refractivity contribution in [2.45, 2.75) is 52.1 Å². The molecule has 1 unspecified atom stereocenters. The molecular weight excluding hydrogens is 198 g/mol. The van der Waals surface area contributed by atoms with Gasteiger partial charge >= 0.3 is 0 Å². The van der Waals surface area contributed by atoms with Crippen LogP contribution in [0, 0.1) is 17.2 Å². The molecule has 0 spiro atoms. The lowest BCUT2D eigenvalue weighted by molar-refractivity contribution is 0.228. The minimum Gasteiger partial charge on any atom is -0.314 e. The van der Waals surface area contributed by atoms with E-state index in [4.69, 9.17) is 5.26 Å². The number of hydrogen-bond donors (Lipinski definition) is 1. The normalized spacial score (nSPS) is 17.8. The highest BCUT2D eigenvalue weighted by Crippen LogP contribution is 2.27. The number of nitrogens with one attached hydrogen (secondary N) is 1. The van der Waals surface area contributed by atoms with Gasteiger partial charge in [-0.2, -0.15) is 5.26 Å². The van der Waals surface area contributed by atoms with Gasteiger partial charge in [-0.25, -0.2) is 0 Å². The largest absolute Gasteiger partial charge is 0.314 e. The molecule has 1 fully saturated rings. The highest BCUT2D eigenvalue weighted by molar-refractivity contribution is 4.87. The van der Waals surface area contributed by atoms with Gasteiger partial charge in [-0.3, -0.25) is 4.90 Å². The topological polar surface area (TPSA) is 39.1 Å². The van der Waals surface area contributed by atoms with E-state index in [1.807, 2.05) is 0 Å². The lowest BCUT2D eigenvalue weighted by Crippen LogP contribution is -2.37. The fraction of sp³-hybridized carbons (Fsp3) is 0.923. The Hall–Kier alpha value is -0.590. The van der Waals surface area contributed by atoms with Crippen molar-refractivity contribution in [1.29, 1.82) is 5.26 Å². The zero-order chi connectivity index (χ0) is 12.0. The second-order valence-electron chi connectivity index (χ2n) is 5.30. The van der Waals surface area contributed by atoms with Gasteiger partial charge in [0.2, 0.25) is 0 Å². The first-order chi connectivity index (χ1) is 7.63. The van der Waals surface area contributed by atoms with Crippen molar-refractivity contribution in [2.24, 2.45) is 5.92 Å². The molecule has 1 rings (SSSR count). The van der Waals surface area contributed by atoms with Crippen LogP contribution in [-0.4, -0.2) is 36.6 Å². The molecular formula is C13H25N3. The fourth-order valence-electron chi connectivity index (χ4n) is 1.96. The molecule has 1 aliphatic carbocycles. The first kappa shape index (κ1) is 13.5. The number of nitrogens with zero attached hydrogens (tertiary/aromatic N) is 2. The third kappa shape index (κ3) is 5.48. The second kappa shape index (κ2) is 6.88. The van der Waals surface area contributed by atoms with Crippen molar-refractivity contribution in [3.63, 3.8) is 0 Å². The van der Waals surface area contributed by atoms with Crippen LogP contribution in [0.1, 0.15) is 40.0 Å². The van der Waals surface area contributed by atoms with Crippen LogP contribution in [0.4, 0.5) is 0 Å². The van der Waals surface area contributed by atoms with Crippen LogP contribution >= 0.6 is 0 Å². The quantitative estimate of drug-likeness (QED) is 0.684. The van der Waals surface area contributed by atoms with E-state index in [0.717, 1.165) is 25.7 Å². The van der Waals surface area contributed by atoms with Crippen LogP contribution < -0.4 is 5.32 Å². The Kier molecular flexibility index (Phi) is 5.79. The molecule has 0 aromatic carbocycles. The molecule has 0 bridgehead atoms. The Labute approximate surface area is 99.8 Å². The van der Waals surface area contributed by atoms with E-state index in [1.165, 1.54) is 12.8 Å². The summed E-state index contributed by atoms with van der Waals surface area (Å²) in [5, 5.41) is 12.1. The molecule has 16 heavy (non-hydrogen) atoms. The third-order valence-corrected chi connectivity index (χ3v) is 2.99. The average molecular weight is 223 g/mol. The predicted molar refractivity (Wildman–Crippen MR) is 67.1 cm³/mol. The molecule has 0 aliphatic heterocycles. The molecule has 0 aromatic heterocycles. The van der Waals surface area contributed by atoms with Crippen LogP contribution in [0.25, 0.3) is 0 Å². The zero-order valence-corrected chi connectivity index (χ0v) is 10.9. The summed E-state index contributed by atoms with van der Waals surface area (Å²) in [6, 6.07) is 3.59. The first-order valence-electron chi connectivity index (χ1n) is 6.48.